The second-order valence-corrected chi connectivity index (χ2v) is 5.85. The Kier molecular flexibility index (Phi) is 6.33. The van der Waals surface area contributed by atoms with Crippen LogP contribution in [0.2, 0.25) is 0 Å². The van der Waals surface area contributed by atoms with E-state index in [9.17, 15) is 0 Å². The van der Waals surface area contributed by atoms with Gasteiger partial charge in [0.05, 0.1) is 25.4 Å². The van der Waals surface area contributed by atoms with Gasteiger partial charge in [-0.05, 0) is 43.4 Å². The predicted octanol–water partition coefficient (Wildman–Crippen LogP) is 4.11. The Morgan fingerprint density at radius 2 is 2.05 bits per heavy atom. The molecule has 112 valence electrons. The minimum absolute atomic E-state index is 0.0608. The zero-order valence-electron chi connectivity index (χ0n) is 12.2. The number of hydrogen-bond acceptors (Lipinski definition) is 3. The topological polar surface area (TPSA) is 27.7 Å². The highest BCUT2D eigenvalue weighted by molar-refractivity contribution is 9.09. The summed E-state index contributed by atoms with van der Waals surface area (Å²) in [5.74, 6) is 0.871. The summed E-state index contributed by atoms with van der Waals surface area (Å²) < 4.78 is 17.0. The lowest BCUT2D eigenvalue weighted by molar-refractivity contribution is -0.0584. The van der Waals surface area contributed by atoms with Crippen molar-refractivity contribution in [2.45, 2.75) is 44.0 Å². The second kappa shape index (κ2) is 8.01. The summed E-state index contributed by atoms with van der Waals surface area (Å²) in [6.07, 6.45) is 5.12. The van der Waals surface area contributed by atoms with Crippen LogP contribution in [0, 0.1) is 0 Å². The molecule has 3 nitrogen and oxygen atoms in total. The van der Waals surface area contributed by atoms with Gasteiger partial charge in [-0.25, -0.2) is 0 Å². The van der Waals surface area contributed by atoms with Gasteiger partial charge in [0, 0.05) is 12.4 Å². The molecular formula is C16H23BrO3. The smallest absolute Gasteiger partial charge is 0.119 e. The molecule has 3 unspecified atom stereocenters. The molecule has 0 bridgehead atoms. The van der Waals surface area contributed by atoms with E-state index in [4.69, 9.17) is 14.2 Å². The molecule has 4 heteroatoms. The van der Waals surface area contributed by atoms with Crippen molar-refractivity contribution in [2.75, 3.05) is 19.5 Å². The van der Waals surface area contributed by atoms with Gasteiger partial charge in [-0.1, -0.05) is 28.1 Å². The number of rotatable bonds is 6. The van der Waals surface area contributed by atoms with Gasteiger partial charge in [0.2, 0.25) is 0 Å². The van der Waals surface area contributed by atoms with Gasteiger partial charge >= 0.3 is 0 Å². The largest absolute Gasteiger partial charge is 0.497 e. The highest BCUT2D eigenvalue weighted by Gasteiger charge is 2.25. The predicted molar refractivity (Wildman–Crippen MR) is 83.7 cm³/mol. The van der Waals surface area contributed by atoms with E-state index < -0.39 is 0 Å². The van der Waals surface area contributed by atoms with Crippen molar-refractivity contribution in [3.63, 3.8) is 0 Å². The molecule has 3 atom stereocenters. The molecule has 1 fully saturated rings. The third-order valence-corrected chi connectivity index (χ3v) is 4.46. The molecule has 0 heterocycles. The fourth-order valence-electron chi connectivity index (χ4n) is 2.72. The highest BCUT2D eigenvalue weighted by Crippen LogP contribution is 2.30. The molecule has 2 rings (SSSR count). The molecule has 1 aliphatic carbocycles. The van der Waals surface area contributed by atoms with Crippen molar-refractivity contribution in [1.29, 1.82) is 0 Å². The first-order chi connectivity index (χ1) is 9.76. The first-order valence-corrected chi connectivity index (χ1v) is 8.27. The second-order valence-electron chi connectivity index (χ2n) is 5.20. The third-order valence-electron chi connectivity index (χ3n) is 3.87. The average Bonchev–Trinajstić information content (AvgIpc) is 2.52. The van der Waals surface area contributed by atoms with Crippen molar-refractivity contribution < 1.29 is 14.2 Å². The van der Waals surface area contributed by atoms with Gasteiger partial charge in [-0.3, -0.25) is 0 Å². The van der Waals surface area contributed by atoms with E-state index in [2.05, 4.69) is 22.0 Å². The first kappa shape index (κ1) is 15.8. The normalized spacial score (nSPS) is 24.4. The summed E-state index contributed by atoms with van der Waals surface area (Å²) in [7, 11) is 3.48. The van der Waals surface area contributed by atoms with Crippen LogP contribution in [-0.2, 0) is 9.47 Å². The molecule has 0 aliphatic heterocycles. The zero-order valence-corrected chi connectivity index (χ0v) is 13.8. The highest BCUT2D eigenvalue weighted by atomic mass is 79.9. The number of benzene rings is 1. The lowest BCUT2D eigenvalue weighted by Crippen LogP contribution is -2.29. The molecule has 1 aliphatic rings. The number of alkyl halides is 1. The fourth-order valence-corrected chi connectivity index (χ4v) is 3.24. The molecule has 1 aromatic carbocycles. The zero-order chi connectivity index (χ0) is 14.4. The Bertz CT molecular complexity index is 410. The Morgan fingerprint density at radius 1 is 1.25 bits per heavy atom. The number of methoxy groups -OCH3 is 2. The van der Waals surface area contributed by atoms with Gasteiger partial charge < -0.3 is 14.2 Å². The van der Waals surface area contributed by atoms with Crippen molar-refractivity contribution in [3.8, 4) is 5.75 Å². The molecule has 0 spiro atoms. The van der Waals surface area contributed by atoms with Crippen LogP contribution in [0.5, 0.6) is 5.75 Å². The standard InChI is InChI=1S/C16H23BrO3/c1-18-13-6-3-5-12(9-13)16(11-17)20-15-8-4-7-14(10-15)19-2/h3,5-6,9,14-16H,4,7-8,10-11H2,1-2H3. The number of ether oxygens (including phenoxy) is 3. The summed E-state index contributed by atoms with van der Waals surface area (Å²) in [5, 5.41) is 0.786. The van der Waals surface area contributed by atoms with E-state index >= 15 is 0 Å². The number of hydrogen-bond donors (Lipinski definition) is 0. The SMILES string of the molecule is COc1cccc(C(CBr)OC2CCCC(OC)C2)c1. The third kappa shape index (κ3) is 4.21. The van der Waals surface area contributed by atoms with Gasteiger partial charge in [0.25, 0.3) is 0 Å². The molecule has 0 aromatic heterocycles. The Labute approximate surface area is 129 Å². The summed E-state index contributed by atoms with van der Waals surface area (Å²) in [6.45, 7) is 0. The van der Waals surface area contributed by atoms with Crippen LogP contribution in [0.25, 0.3) is 0 Å². The van der Waals surface area contributed by atoms with Crippen LogP contribution in [0.3, 0.4) is 0 Å². The summed E-state index contributed by atoms with van der Waals surface area (Å²) in [5.41, 5.74) is 1.15. The maximum absolute atomic E-state index is 6.28. The molecule has 0 amide bonds. The molecule has 20 heavy (non-hydrogen) atoms. The van der Waals surface area contributed by atoms with E-state index in [-0.39, 0.29) is 12.2 Å². The average molecular weight is 343 g/mol. The molecule has 0 radical (unpaired) electrons. The maximum atomic E-state index is 6.28. The van der Waals surface area contributed by atoms with Crippen molar-refractivity contribution in [1.82, 2.24) is 0 Å². The van der Waals surface area contributed by atoms with Crippen LogP contribution in [0.4, 0.5) is 0 Å². The van der Waals surface area contributed by atoms with Crippen LogP contribution < -0.4 is 4.74 Å². The Hall–Kier alpha value is -0.580. The monoisotopic (exact) mass is 342 g/mol. The van der Waals surface area contributed by atoms with Gasteiger partial charge in [-0.15, -0.1) is 0 Å². The number of halogens is 1. The van der Waals surface area contributed by atoms with Crippen LogP contribution in [0.15, 0.2) is 24.3 Å². The summed E-state index contributed by atoms with van der Waals surface area (Å²) in [4.78, 5) is 0. The van der Waals surface area contributed by atoms with E-state index in [0.717, 1.165) is 35.9 Å². The summed E-state index contributed by atoms with van der Waals surface area (Å²) in [6, 6.07) is 8.09. The van der Waals surface area contributed by atoms with Crippen LogP contribution in [-0.4, -0.2) is 31.8 Å². The lowest BCUT2D eigenvalue weighted by atomic mass is 9.94. The molecule has 1 aromatic rings. The van der Waals surface area contributed by atoms with Gasteiger partial charge in [-0.2, -0.15) is 0 Å². The minimum Gasteiger partial charge on any atom is -0.497 e. The minimum atomic E-state index is 0.0608. The Morgan fingerprint density at radius 3 is 2.75 bits per heavy atom. The van der Waals surface area contributed by atoms with E-state index in [0.29, 0.717) is 6.10 Å². The van der Waals surface area contributed by atoms with Gasteiger partial charge in [0.15, 0.2) is 0 Å². The van der Waals surface area contributed by atoms with Crippen molar-refractivity contribution >= 4 is 15.9 Å². The maximum Gasteiger partial charge on any atom is 0.119 e. The molecule has 1 saturated carbocycles. The van der Waals surface area contributed by atoms with Crippen molar-refractivity contribution in [2.24, 2.45) is 0 Å². The van der Waals surface area contributed by atoms with Gasteiger partial charge in [0.1, 0.15) is 5.75 Å². The summed E-state index contributed by atoms with van der Waals surface area (Å²) >= 11 is 3.56. The molecule has 0 saturated heterocycles. The molecular weight excluding hydrogens is 320 g/mol. The first-order valence-electron chi connectivity index (χ1n) is 7.15. The molecule has 0 N–H and O–H groups in total. The Balaban J connectivity index is 2.00. The lowest BCUT2D eigenvalue weighted by Gasteiger charge is -2.31. The quantitative estimate of drug-likeness (QED) is 0.728. The van der Waals surface area contributed by atoms with E-state index in [1.807, 2.05) is 18.2 Å². The van der Waals surface area contributed by atoms with E-state index in [1.165, 1.54) is 6.42 Å². The van der Waals surface area contributed by atoms with Crippen LogP contribution in [0.1, 0.15) is 37.4 Å². The van der Waals surface area contributed by atoms with Crippen LogP contribution >= 0.6 is 15.9 Å². The van der Waals surface area contributed by atoms with Crippen molar-refractivity contribution in [3.05, 3.63) is 29.8 Å². The van der Waals surface area contributed by atoms with E-state index in [1.54, 1.807) is 14.2 Å². The fraction of sp³-hybridized carbons (Fsp3) is 0.625.